The maximum absolute atomic E-state index is 12.6. The summed E-state index contributed by atoms with van der Waals surface area (Å²) < 4.78 is 5.35. The topological polar surface area (TPSA) is 77.6 Å². The first-order valence-electron chi connectivity index (χ1n) is 9.36. The van der Waals surface area contributed by atoms with Gasteiger partial charge in [-0.3, -0.25) is 4.79 Å². The molecule has 0 aliphatic carbocycles. The molecule has 0 bridgehead atoms. The van der Waals surface area contributed by atoms with Crippen LogP contribution in [-0.2, 0) is 6.54 Å². The van der Waals surface area contributed by atoms with E-state index in [0.717, 1.165) is 27.7 Å². The van der Waals surface area contributed by atoms with E-state index in [9.17, 15) is 9.90 Å². The Hall–Kier alpha value is -2.90. The second-order valence-electron chi connectivity index (χ2n) is 6.92. The van der Waals surface area contributed by atoms with Gasteiger partial charge in [0.2, 0.25) is 0 Å². The van der Waals surface area contributed by atoms with Gasteiger partial charge in [-0.15, -0.1) is 0 Å². The number of thiocarbonyl (C=S) groups is 1. The number of rotatable bonds is 6. The molecule has 3 rings (SSSR count). The molecule has 6 nitrogen and oxygen atoms in total. The van der Waals surface area contributed by atoms with E-state index in [1.165, 1.54) is 0 Å². The van der Waals surface area contributed by atoms with Crippen molar-refractivity contribution >= 4 is 33.9 Å². The number of fused-ring (bicyclic) bond motifs is 1. The lowest BCUT2D eigenvalue weighted by atomic mass is 10.0. The van der Waals surface area contributed by atoms with Gasteiger partial charge in [0.05, 0.1) is 25.9 Å². The maximum Gasteiger partial charge on any atom is 0.253 e. The van der Waals surface area contributed by atoms with E-state index in [1.807, 2.05) is 50.2 Å². The molecule has 0 atom stereocenters. The van der Waals surface area contributed by atoms with E-state index in [4.69, 9.17) is 17.0 Å². The first-order valence-corrected chi connectivity index (χ1v) is 9.76. The summed E-state index contributed by atoms with van der Waals surface area (Å²) in [7, 11) is 1.59. The van der Waals surface area contributed by atoms with E-state index in [-0.39, 0.29) is 18.7 Å². The summed E-state index contributed by atoms with van der Waals surface area (Å²) in [4.78, 5) is 17.3. The molecular weight excluding hydrogens is 386 g/mol. The molecule has 0 amide bonds. The van der Waals surface area contributed by atoms with Gasteiger partial charge in [-0.1, -0.05) is 12.1 Å². The largest absolute Gasteiger partial charge is 0.495 e. The second-order valence-corrected chi connectivity index (χ2v) is 7.31. The highest BCUT2D eigenvalue weighted by atomic mass is 32.1. The maximum atomic E-state index is 12.6. The second kappa shape index (κ2) is 9.07. The van der Waals surface area contributed by atoms with Crippen LogP contribution in [0.2, 0.25) is 0 Å². The Kier molecular flexibility index (Phi) is 6.51. The SMILES string of the molecule is COc1ccccc1NC(=S)N(CCO)Cc1cc2cc(C)c(C)cc2[nH]c1=O. The predicted molar refractivity (Wildman–Crippen MR) is 121 cm³/mol. The number of pyridine rings is 1. The van der Waals surface area contributed by atoms with Crippen molar-refractivity contribution in [3.05, 3.63) is 69.5 Å². The highest BCUT2D eigenvalue weighted by molar-refractivity contribution is 7.80. The molecule has 0 fully saturated rings. The number of ether oxygens (including phenoxy) is 1. The Morgan fingerprint density at radius 2 is 1.93 bits per heavy atom. The van der Waals surface area contributed by atoms with Crippen LogP contribution in [0.15, 0.2) is 47.3 Å². The minimum Gasteiger partial charge on any atom is -0.495 e. The van der Waals surface area contributed by atoms with Crippen LogP contribution in [0.4, 0.5) is 5.69 Å². The highest BCUT2D eigenvalue weighted by Crippen LogP contribution is 2.24. The predicted octanol–water partition coefficient (Wildman–Crippen LogP) is 3.34. The molecule has 3 N–H and O–H groups in total. The summed E-state index contributed by atoms with van der Waals surface area (Å²) in [5, 5.41) is 14.0. The quantitative estimate of drug-likeness (QED) is 0.540. The number of benzene rings is 2. The number of aromatic amines is 1. The number of para-hydroxylation sites is 2. The molecule has 3 aromatic rings. The smallest absolute Gasteiger partial charge is 0.253 e. The van der Waals surface area contributed by atoms with E-state index in [2.05, 4.69) is 16.4 Å². The third-order valence-electron chi connectivity index (χ3n) is 4.90. The summed E-state index contributed by atoms with van der Waals surface area (Å²) >= 11 is 5.54. The van der Waals surface area contributed by atoms with Crippen LogP contribution < -0.4 is 15.6 Å². The van der Waals surface area contributed by atoms with Gasteiger partial charge in [-0.25, -0.2) is 0 Å². The molecule has 0 aliphatic rings. The van der Waals surface area contributed by atoms with Gasteiger partial charge < -0.3 is 25.0 Å². The highest BCUT2D eigenvalue weighted by Gasteiger charge is 2.15. The van der Waals surface area contributed by atoms with Crippen LogP contribution in [0.3, 0.4) is 0 Å². The summed E-state index contributed by atoms with van der Waals surface area (Å²) in [6, 6.07) is 13.4. The molecular formula is C22H25N3O3S. The van der Waals surface area contributed by atoms with Crippen molar-refractivity contribution in [3.8, 4) is 5.75 Å². The number of hydrogen-bond donors (Lipinski definition) is 3. The summed E-state index contributed by atoms with van der Waals surface area (Å²) in [6.07, 6.45) is 0. The normalized spacial score (nSPS) is 10.8. The van der Waals surface area contributed by atoms with Crippen molar-refractivity contribution in [2.45, 2.75) is 20.4 Å². The molecule has 0 radical (unpaired) electrons. The summed E-state index contributed by atoms with van der Waals surface area (Å²) in [6.45, 7) is 4.55. The number of nitrogens with one attached hydrogen (secondary N) is 2. The number of aryl methyl sites for hydroxylation is 2. The Morgan fingerprint density at radius 3 is 2.66 bits per heavy atom. The van der Waals surface area contributed by atoms with Crippen LogP contribution in [-0.4, -0.2) is 40.4 Å². The van der Waals surface area contributed by atoms with Crippen LogP contribution in [0, 0.1) is 13.8 Å². The fourth-order valence-electron chi connectivity index (χ4n) is 3.16. The number of H-pyrrole nitrogens is 1. The van der Waals surface area contributed by atoms with E-state index < -0.39 is 0 Å². The number of methoxy groups -OCH3 is 1. The minimum absolute atomic E-state index is 0.0858. The van der Waals surface area contributed by atoms with Crippen molar-refractivity contribution in [1.29, 1.82) is 0 Å². The first-order chi connectivity index (χ1) is 13.9. The molecule has 152 valence electrons. The number of anilines is 1. The van der Waals surface area contributed by atoms with Gasteiger partial charge in [0.15, 0.2) is 5.11 Å². The first kappa shape index (κ1) is 20.8. The van der Waals surface area contributed by atoms with Gasteiger partial charge in [0.1, 0.15) is 5.75 Å². The molecule has 0 saturated carbocycles. The van der Waals surface area contributed by atoms with E-state index >= 15 is 0 Å². The molecule has 1 heterocycles. The minimum atomic E-state index is -0.163. The van der Waals surface area contributed by atoms with Gasteiger partial charge >= 0.3 is 0 Å². The molecule has 7 heteroatoms. The fraction of sp³-hybridized carbons (Fsp3) is 0.273. The molecule has 0 saturated heterocycles. The lowest BCUT2D eigenvalue weighted by Crippen LogP contribution is -2.37. The van der Waals surface area contributed by atoms with E-state index in [1.54, 1.807) is 12.0 Å². The van der Waals surface area contributed by atoms with Crippen molar-refractivity contribution in [2.75, 3.05) is 25.6 Å². The Balaban J connectivity index is 1.88. The van der Waals surface area contributed by atoms with Gasteiger partial charge in [0.25, 0.3) is 5.56 Å². The number of hydrogen-bond acceptors (Lipinski definition) is 4. The zero-order valence-electron chi connectivity index (χ0n) is 16.8. The van der Waals surface area contributed by atoms with Crippen LogP contribution in [0.1, 0.15) is 16.7 Å². The van der Waals surface area contributed by atoms with Crippen LogP contribution >= 0.6 is 12.2 Å². The number of aliphatic hydroxyl groups is 1. The Labute approximate surface area is 175 Å². The molecule has 29 heavy (non-hydrogen) atoms. The number of aromatic nitrogens is 1. The molecule has 0 spiro atoms. The van der Waals surface area contributed by atoms with Crippen molar-refractivity contribution < 1.29 is 9.84 Å². The van der Waals surface area contributed by atoms with E-state index in [0.29, 0.717) is 23.0 Å². The lowest BCUT2D eigenvalue weighted by molar-refractivity contribution is 0.248. The molecule has 0 unspecified atom stereocenters. The Morgan fingerprint density at radius 1 is 1.21 bits per heavy atom. The third-order valence-corrected chi connectivity index (χ3v) is 5.26. The molecule has 0 aliphatic heterocycles. The fourth-order valence-corrected chi connectivity index (χ4v) is 3.43. The average molecular weight is 412 g/mol. The average Bonchev–Trinajstić information content (AvgIpc) is 2.70. The van der Waals surface area contributed by atoms with Crippen LogP contribution in [0.25, 0.3) is 10.9 Å². The van der Waals surface area contributed by atoms with Gasteiger partial charge in [0, 0.05) is 17.6 Å². The van der Waals surface area contributed by atoms with Gasteiger partial charge in [-0.05, 0) is 72.9 Å². The summed E-state index contributed by atoms with van der Waals surface area (Å²) in [5.41, 5.74) is 4.25. The standard InChI is InChI=1S/C22H25N3O3S/c1-14-10-16-12-17(21(27)23-19(16)11-15(14)2)13-25(8-9-26)22(29)24-18-6-4-5-7-20(18)28-3/h4-7,10-12,26H,8-9,13H2,1-3H3,(H,23,27)(H,24,29). The zero-order chi connectivity index (χ0) is 21.0. The number of aliphatic hydroxyl groups excluding tert-OH is 1. The molecule has 2 aromatic carbocycles. The third kappa shape index (κ3) is 4.75. The van der Waals surface area contributed by atoms with Crippen LogP contribution in [0.5, 0.6) is 5.75 Å². The number of nitrogens with zero attached hydrogens (tertiary/aromatic N) is 1. The lowest BCUT2D eigenvalue weighted by Gasteiger charge is -2.25. The van der Waals surface area contributed by atoms with Crippen molar-refractivity contribution in [1.82, 2.24) is 9.88 Å². The van der Waals surface area contributed by atoms with Crippen molar-refractivity contribution in [2.24, 2.45) is 0 Å². The Bertz CT molecular complexity index is 1090. The zero-order valence-corrected chi connectivity index (χ0v) is 17.6. The monoisotopic (exact) mass is 411 g/mol. The molecule has 1 aromatic heterocycles. The van der Waals surface area contributed by atoms with Crippen molar-refractivity contribution in [3.63, 3.8) is 0 Å². The van der Waals surface area contributed by atoms with Gasteiger partial charge in [-0.2, -0.15) is 0 Å². The summed E-state index contributed by atoms with van der Waals surface area (Å²) in [5.74, 6) is 0.660.